The van der Waals surface area contributed by atoms with Crippen LogP contribution in [-0.4, -0.2) is 47.1 Å². The molecule has 1 aliphatic carbocycles. The molecular weight excluding hydrogens is 336 g/mol. The van der Waals surface area contributed by atoms with Crippen LogP contribution in [0.2, 0.25) is 0 Å². The number of allylic oxidation sites excluding steroid dienone is 1. The molecule has 0 aromatic rings. The van der Waals surface area contributed by atoms with Gasteiger partial charge in [-0.3, -0.25) is 0 Å². The summed E-state index contributed by atoms with van der Waals surface area (Å²) in [6, 6.07) is 0. The van der Waals surface area contributed by atoms with Crippen LogP contribution >= 0.6 is 0 Å². The number of fused-ring (bicyclic) bond motifs is 2. The van der Waals surface area contributed by atoms with Crippen LogP contribution in [0.1, 0.15) is 40.0 Å². The molecule has 2 heterocycles. The number of aliphatic hydroxyl groups excluding tert-OH is 1. The fraction of sp³-hybridized carbons (Fsp3) is 0.600. The summed E-state index contributed by atoms with van der Waals surface area (Å²) in [7, 11) is 0. The second-order valence-corrected chi connectivity index (χ2v) is 7.60. The molecule has 0 radical (unpaired) electrons. The van der Waals surface area contributed by atoms with Crippen LogP contribution in [0.25, 0.3) is 0 Å². The predicted molar refractivity (Wildman–Crippen MR) is 94.1 cm³/mol. The van der Waals surface area contributed by atoms with E-state index in [9.17, 15) is 14.7 Å². The lowest BCUT2D eigenvalue weighted by atomic mass is 9.79. The maximum atomic E-state index is 12.4. The van der Waals surface area contributed by atoms with Crippen molar-refractivity contribution < 1.29 is 28.9 Å². The molecule has 2 aliphatic heterocycles. The van der Waals surface area contributed by atoms with Crippen molar-refractivity contribution >= 4 is 11.9 Å². The molecular formula is C20H26O6. The summed E-state index contributed by atoms with van der Waals surface area (Å²) in [6.45, 7) is 13.2. The van der Waals surface area contributed by atoms with Crippen LogP contribution in [0.15, 0.2) is 36.0 Å². The van der Waals surface area contributed by atoms with E-state index in [1.165, 1.54) is 0 Å². The molecule has 1 saturated carbocycles. The van der Waals surface area contributed by atoms with E-state index in [1.807, 2.05) is 6.92 Å². The number of rotatable bonds is 2. The molecule has 6 nitrogen and oxygen atoms in total. The first-order valence-electron chi connectivity index (χ1n) is 8.95. The standard InChI is InChI=1S/C20H26O6/c1-6-10(2)18(22)24-13-9-20(5)14(26-20)8-7-11(3)16(21)17-15(13)12(4)19(23)25-17/h6,13-17,21H,3-4,7-9H2,1-2,5H3/b10-6-/t13-,14+,15+,16-,17-,20+/m0/s1. The molecule has 0 aromatic carbocycles. The van der Waals surface area contributed by atoms with Gasteiger partial charge < -0.3 is 19.3 Å². The Balaban J connectivity index is 1.96. The zero-order chi connectivity index (χ0) is 19.2. The van der Waals surface area contributed by atoms with Crippen LogP contribution in [0.5, 0.6) is 0 Å². The first-order valence-corrected chi connectivity index (χ1v) is 8.95. The van der Waals surface area contributed by atoms with Crippen LogP contribution in [0, 0.1) is 5.92 Å². The average molecular weight is 362 g/mol. The highest BCUT2D eigenvalue weighted by molar-refractivity contribution is 5.91. The first kappa shape index (κ1) is 18.9. The van der Waals surface area contributed by atoms with Crippen molar-refractivity contribution in [1.82, 2.24) is 0 Å². The van der Waals surface area contributed by atoms with Gasteiger partial charge in [0.15, 0.2) is 0 Å². The van der Waals surface area contributed by atoms with E-state index in [-0.39, 0.29) is 11.7 Å². The van der Waals surface area contributed by atoms with Gasteiger partial charge in [0, 0.05) is 17.6 Å². The first-order chi connectivity index (χ1) is 12.2. The number of epoxide rings is 1. The molecule has 26 heavy (non-hydrogen) atoms. The van der Waals surface area contributed by atoms with E-state index >= 15 is 0 Å². The molecule has 2 saturated heterocycles. The minimum atomic E-state index is -1.03. The van der Waals surface area contributed by atoms with E-state index in [2.05, 4.69) is 13.2 Å². The summed E-state index contributed by atoms with van der Waals surface area (Å²) < 4.78 is 17.0. The van der Waals surface area contributed by atoms with Crippen molar-refractivity contribution in [2.45, 2.75) is 70.1 Å². The highest BCUT2D eigenvalue weighted by Crippen LogP contribution is 2.48. The Morgan fingerprint density at radius 3 is 2.77 bits per heavy atom. The summed E-state index contributed by atoms with van der Waals surface area (Å²) in [5.41, 5.74) is 0.822. The van der Waals surface area contributed by atoms with Crippen molar-refractivity contribution in [1.29, 1.82) is 0 Å². The van der Waals surface area contributed by atoms with Gasteiger partial charge in [-0.1, -0.05) is 19.2 Å². The smallest absolute Gasteiger partial charge is 0.334 e. The molecule has 1 N–H and O–H groups in total. The highest BCUT2D eigenvalue weighted by Gasteiger charge is 2.58. The third-order valence-electron chi connectivity index (χ3n) is 5.77. The van der Waals surface area contributed by atoms with Crippen molar-refractivity contribution in [3.63, 3.8) is 0 Å². The van der Waals surface area contributed by atoms with E-state index in [1.54, 1.807) is 19.9 Å². The van der Waals surface area contributed by atoms with Crippen LogP contribution in [0.4, 0.5) is 0 Å². The van der Waals surface area contributed by atoms with Gasteiger partial charge in [-0.05, 0) is 39.2 Å². The van der Waals surface area contributed by atoms with Gasteiger partial charge in [0.05, 0.1) is 17.6 Å². The third kappa shape index (κ3) is 3.23. The summed E-state index contributed by atoms with van der Waals surface area (Å²) in [4.78, 5) is 24.5. The summed E-state index contributed by atoms with van der Waals surface area (Å²) in [5, 5.41) is 10.7. The van der Waals surface area contributed by atoms with Crippen molar-refractivity contribution in [2.24, 2.45) is 5.92 Å². The van der Waals surface area contributed by atoms with E-state index < -0.39 is 41.8 Å². The Kier molecular flexibility index (Phi) is 4.84. The maximum Gasteiger partial charge on any atom is 0.334 e. The molecule has 3 aliphatic rings. The topological polar surface area (TPSA) is 85.4 Å². The summed E-state index contributed by atoms with van der Waals surface area (Å²) in [6.07, 6.45) is 0.816. The molecule has 6 atom stereocenters. The number of hydrogen-bond donors (Lipinski definition) is 1. The van der Waals surface area contributed by atoms with Gasteiger partial charge in [-0.2, -0.15) is 0 Å². The van der Waals surface area contributed by atoms with Gasteiger partial charge in [0.1, 0.15) is 18.3 Å². The van der Waals surface area contributed by atoms with Gasteiger partial charge in [-0.15, -0.1) is 0 Å². The lowest BCUT2D eigenvalue weighted by Gasteiger charge is -2.32. The Morgan fingerprint density at radius 2 is 2.12 bits per heavy atom. The Bertz CT molecular complexity index is 692. The zero-order valence-electron chi connectivity index (χ0n) is 15.5. The second kappa shape index (κ2) is 6.67. The predicted octanol–water partition coefficient (Wildman–Crippen LogP) is 2.22. The quantitative estimate of drug-likeness (QED) is 0.351. The molecule has 142 valence electrons. The number of carbonyl (C=O) groups is 2. The molecule has 6 heteroatoms. The number of ether oxygens (including phenoxy) is 3. The number of carbonyl (C=O) groups excluding carboxylic acids is 2. The van der Waals surface area contributed by atoms with Gasteiger partial charge >= 0.3 is 11.9 Å². The molecule has 0 unspecified atom stereocenters. The fourth-order valence-electron chi connectivity index (χ4n) is 3.82. The number of aliphatic hydroxyl groups is 1. The Hall–Kier alpha value is -1.92. The fourth-order valence-corrected chi connectivity index (χ4v) is 3.82. The van der Waals surface area contributed by atoms with Crippen molar-refractivity contribution in [3.8, 4) is 0 Å². The summed E-state index contributed by atoms with van der Waals surface area (Å²) >= 11 is 0. The van der Waals surface area contributed by atoms with Crippen LogP contribution < -0.4 is 0 Å². The van der Waals surface area contributed by atoms with E-state index in [0.29, 0.717) is 30.4 Å². The van der Waals surface area contributed by atoms with Gasteiger partial charge in [-0.25, -0.2) is 9.59 Å². The lowest BCUT2D eigenvalue weighted by Crippen LogP contribution is -2.43. The normalized spacial score (nSPS) is 40.4. The molecule has 0 amide bonds. The van der Waals surface area contributed by atoms with Crippen LogP contribution in [-0.2, 0) is 23.8 Å². The Labute approximate surface area is 153 Å². The van der Waals surface area contributed by atoms with E-state index in [0.717, 1.165) is 0 Å². The van der Waals surface area contributed by atoms with Gasteiger partial charge in [0.2, 0.25) is 0 Å². The Morgan fingerprint density at radius 1 is 1.42 bits per heavy atom. The van der Waals surface area contributed by atoms with E-state index in [4.69, 9.17) is 14.2 Å². The molecule has 0 spiro atoms. The molecule has 0 aromatic heterocycles. The third-order valence-corrected chi connectivity index (χ3v) is 5.77. The molecule has 0 bridgehead atoms. The maximum absolute atomic E-state index is 12.4. The molecule has 3 rings (SSSR count). The minimum Gasteiger partial charge on any atom is -0.458 e. The number of esters is 2. The SMILES string of the molecule is C=C1C(=O)O[C@H]2[C@H]1[C@@H](OC(=O)/C(C)=C\C)C[C@@]1(C)O[C@@H]1CCC(=C)[C@@H]2O. The minimum absolute atomic E-state index is 0.0123. The molecule has 3 fully saturated rings. The van der Waals surface area contributed by atoms with Crippen LogP contribution in [0.3, 0.4) is 0 Å². The second-order valence-electron chi connectivity index (χ2n) is 7.60. The van der Waals surface area contributed by atoms with Gasteiger partial charge in [0.25, 0.3) is 0 Å². The van der Waals surface area contributed by atoms with Crippen molar-refractivity contribution in [2.75, 3.05) is 0 Å². The number of hydrogen-bond acceptors (Lipinski definition) is 6. The summed E-state index contributed by atoms with van der Waals surface area (Å²) in [5.74, 6) is -1.68. The zero-order valence-corrected chi connectivity index (χ0v) is 15.5. The monoisotopic (exact) mass is 362 g/mol. The lowest BCUT2D eigenvalue weighted by molar-refractivity contribution is -0.151. The average Bonchev–Trinajstić information content (AvgIpc) is 3.15. The highest BCUT2D eigenvalue weighted by atomic mass is 16.6. The largest absolute Gasteiger partial charge is 0.458 e. The van der Waals surface area contributed by atoms with Crippen molar-refractivity contribution in [3.05, 3.63) is 36.0 Å².